The maximum Gasteiger partial charge on any atom is 0.282 e. The van der Waals surface area contributed by atoms with Crippen LogP contribution in [0.5, 0.6) is 5.75 Å². The van der Waals surface area contributed by atoms with Crippen molar-refractivity contribution < 1.29 is 19.2 Å². The number of quaternary nitrogens is 1. The van der Waals surface area contributed by atoms with Crippen LogP contribution in [0.4, 0.5) is 10.7 Å². The van der Waals surface area contributed by atoms with Gasteiger partial charge in [0.05, 0.1) is 44.0 Å². The number of benzene rings is 1. The Labute approximate surface area is 169 Å². The molecule has 0 bridgehead atoms. The van der Waals surface area contributed by atoms with E-state index in [0.717, 1.165) is 37.6 Å². The van der Waals surface area contributed by atoms with E-state index in [4.69, 9.17) is 10.5 Å². The van der Waals surface area contributed by atoms with Crippen LogP contribution in [0.25, 0.3) is 0 Å². The SMILES string of the molecule is CCOc1ccccc1N1CC[NH+]([C@H](C)C(=O)Nc2sccc2C(N)=O)CC1. The summed E-state index contributed by atoms with van der Waals surface area (Å²) < 4.78 is 5.74. The summed E-state index contributed by atoms with van der Waals surface area (Å²) in [6.45, 7) is 7.94. The van der Waals surface area contributed by atoms with Gasteiger partial charge in [-0.2, -0.15) is 0 Å². The number of primary amides is 1. The van der Waals surface area contributed by atoms with Crippen molar-refractivity contribution in [2.24, 2.45) is 5.73 Å². The summed E-state index contributed by atoms with van der Waals surface area (Å²) in [4.78, 5) is 27.6. The standard InChI is InChI=1S/C20H26N4O3S/c1-3-27-17-7-5-4-6-16(17)24-11-9-23(10-12-24)14(2)19(26)22-20-15(18(21)25)8-13-28-20/h4-8,13-14H,3,9-12H2,1-2H3,(H2,21,25)(H,22,26)/p+1/t14-/m1/s1. The second kappa shape index (κ2) is 9.07. The third-order valence-electron chi connectivity index (χ3n) is 5.08. The molecule has 1 aromatic carbocycles. The van der Waals surface area contributed by atoms with Crippen LogP contribution in [0.2, 0.25) is 0 Å². The number of nitrogens with two attached hydrogens (primary N) is 1. The van der Waals surface area contributed by atoms with Crippen LogP contribution in [0, 0.1) is 0 Å². The number of para-hydroxylation sites is 2. The minimum Gasteiger partial charge on any atom is -0.492 e. The van der Waals surface area contributed by atoms with Gasteiger partial charge in [0, 0.05) is 0 Å². The van der Waals surface area contributed by atoms with Crippen molar-refractivity contribution in [3.05, 3.63) is 41.3 Å². The first kappa shape index (κ1) is 20.2. The molecule has 4 N–H and O–H groups in total. The molecular weight excluding hydrogens is 376 g/mol. The molecule has 1 aliphatic rings. The van der Waals surface area contributed by atoms with E-state index in [0.29, 0.717) is 17.2 Å². The monoisotopic (exact) mass is 403 g/mol. The molecule has 2 amide bonds. The van der Waals surface area contributed by atoms with E-state index in [1.54, 1.807) is 11.4 Å². The molecule has 8 heteroatoms. The highest BCUT2D eigenvalue weighted by Gasteiger charge is 2.30. The Hall–Kier alpha value is -2.58. The van der Waals surface area contributed by atoms with Gasteiger partial charge in [-0.3, -0.25) is 9.59 Å². The summed E-state index contributed by atoms with van der Waals surface area (Å²) in [5, 5.41) is 5.14. The van der Waals surface area contributed by atoms with Gasteiger partial charge in [-0.05, 0) is 37.4 Å². The average molecular weight is 404 g/mol. The highest BCUT2D eigenvalue weighted by atomic mass is 32.1. The van der Waals surface area contributed by atoms with Gasteiger partial charge in [0.2, 0.25) is 0 Å². The van der Waals surface area contributed by atoms with Crippen molar-refractivity contribution in [2.45, 2.75) is 19.9 Å². The molecule has 28 heavy (non-hydrogen) atoms. The molecule has 0 radical (unpaired) electrons. The molecular formula is C20H27N4O3S+. The molecule has 1 fully saturated rings. The number of hydrogen-bond acceptors (Lipinski definition) is 5. The number of piperazine rings is 1. The molecule has 1 aromatic heterocycles. The van der Waals surface area contributed by atoms with E-state index in [9.17, 15) is 9.59 Å². The highest BCUT2D eigenvalue weighted by molar-refractivity contribution is 7.14. The number of hydrogen-bond donors (Lipinski definition) is 3. The Bertz CT molecular complexity index is 830. The predicted octanol–water partition coefficient (Wildman–Crippen LogP) is 0.978. The summed E-state index contributed by atoms with van der Waals surface area (Å²) in [5.74, 6) is 0.275. The summed E-state index contributed by atoms with van der Waals surface area (Å²) in [7, 11) is 0. The van der Waals surface area contributed by atoms with Crippen molar-refractivity contribution in [3.8, 4) is 5.75 Å². The van der Waals surface area contributed by atoms with Crippen molar-refractivity contribution in [3.63, 3.8) is 0 Å². The summed E-state index contributed by atoms with van der Waals surface area (Å²) in [5.41, 5.74) is 6.81. The molecule has 0 aliphatic carbocycles. The fraction of sp³-hybridized carbons (Fsp3) is 0.400. The van der Waals surface area contributed by atoms with Gasteiger partial charge in [0.1, 0.15) is 10.8 Å². The first-order valence-electron chi connectivity index (χ1n) is 9.50. The number of thiophene rings is 1. The largest absolute Gasteiger partial charge is 0.492 e. The lowest BCUT2D eigenvalue weighted by atomic mass is 10.2. The smallest absolute Gasteiger partial charge is 0.282 e. The van der Waals surface area contributed by atoms with Crippen LogP contribution >= 0.6 is 11.3 Å². The quantitative estimate of drug-likeness (QED) is 0.643. The van der Waals surface area contributed by atoms with Gasteiger partial charge in [0.25, 0.3) is 11.8 Å². The fourth-order valence-electron chi connectivity index (χ4n) is 3.47. The Kier molecular flexibility index (Phi) is 6.53. The maximum absolute atomic E-state index is 12.7. The average Bonchev–Trinajstić information content (AvgIpc) is 3.17. The van der Waals surface area contributed by atoms with E-state index in [1.165, 1.54) is 16.2 Å². The Morgan fingerprint density at radius 2 is 2.00 bits per heavy atom. The van der Waals surface area contributed by atoms with Crippen LogP contribution in [-0.2, 0) is 4.79 Å². The molecule has 3 rings (SSSR count). The normalized spacial score (nSPS) is 15.9. The molecule has 7 nitrogen and oxygen atoms in total. The Morgan fingerprint density at radius 1 is 1.29 bits per heavy atom. The molecule has 1 atom stereocenters. The number of carbonyl (C=O) groups excluding carboxylic acids is 2. The second-order valence-electron chi connectivity index (χ2n) is 6.78. The van der Waals surface area contributed by atoms with Crippen LogP contribution < -0.4 is 25.6 Å². The number of nitrogens with one attached hydrogen (secondary N) is 2. The molecule has 0 spiro atoms. The zero-order chi connectivity index (χ0) is 20.1. The van der Waals surface area contributed by atoms with Gasteiger partial charge < -0.3 is 25.6 Å². The second-order valence-corrected chi connectivity index (χ2v) is 7.70. The van der Waals surface area contributed by atoms with E-state index in [-0.39, 0.29) is 11.9 Å². The summed E-state index contributed by atoms with van der Waals surface area (Å²) >= 11 is 1.31. The van der Waals surface area contributed by atoms with Crippen LogP contribution in [0.15, 0.2) is 35.7 Å². The Morgan fingerprint density at radius 3 is 2.68 bits per heavy atom. The van der Waals surface area contributed by atoms with Crippen molar-refractivity contribution in [1.82, 2.24) is 0 Å². The minimum absolute atomic E-state index is 0.0943. The van der Waals surface area contributed by atoms with Gasteiger partial charge >= 0.3 is 0 Å². The number of carbonyl (C=O) groups is 2. The lowest BCUT2D eigenvalue weighted by Crippen LogP contribution is -3.19. The van der Waals surface area contributed by atoms with Crippen molar-refractivity contribution in [2.75, 3.05) is 43.0 Å². The summed E-state index contributed by atoms with van der Waals surface area (Å²) in [6, 6.07) is 9.49. The molecule has 150 valence electrons. The number of rotatable bonds is 7. The van der Waals surface area contributed by atoms with Crippen LogP contribution in [-0.4, -0.2) is 50.6 Å². The zero-order valence-electron chi connectivity index (χ0n) is 16.2. The van der Waals surface area contributed by atoms with Crippen LogP contribution in [0.1, 0.15) is 24.2 Å². The first-order valence-corrected chi connectivity index (χ1v) is 10.4. The number of amides is 2. The van der Waals surface area contributed by atoms with Crippen molar-refractivity contribution >= 4 is 33.8 Å². The molecule has 2 heterocycles. The molecule has 2 aromatic rings. The molecule has 0 saturated carbocycles. The number of ether oxygens (including phenoxy) is 1. The maximum atomic E-state index is 12.7. The predicted molar refractivity (Wildman–Crippen MR) is 111 cm³/mol. The molecule has 1 aliphatic heterocycles. The number of anilines is 2. The van der Waals surface area contributed by atoms with Crippen LogP contribution in [0.3, 0.4) is 0 Å². The van der Waals surface area contributed by atoms with E-state index < -0.39 is 5.91 Å². The zero-order valence-corrected chi connectivity index (χ0v) is 17.1. The fourth-order valence-corrected chi connectivity index (χ4v) is 4.26. The molecule has 0 unspecified atom stereocenters. The third-order valence-corrected chi connectivity index (χ3v) is 5.91. The Balaban J connectivity index is 1.59. The van der Waals surface area contributed by atoms with Gasteiger partial charge in [-0.1, -0.05) is 12.1 Å². The van der Waals surface area contributed by atoms with Gasteiger partial charge in [0.15, 0.2) is 6.04 Å². The number of nitrogens with zero attached hydrogens (tertiary/aromatic N) is 1. The van der Waals surface area contributed by atoms with Gasteiger partial charge in [-0.15, -0.1) is 11.3 Å². The topological polar surface area (TPSA) is 89.1 Å². The van der Waals surface area contributed by atoms with E-state index >= 15 is 0 Å². The van der Waals surface area contributed by atoms with E-state index in [1.807, 2.05) is 32.0 Å². The molecule has 1 saturated heterocycles. The first-order chi connectivity index (χ1) is 13.5. The third kappa shape index (κ3) is 4.45. The minimum atomic E-state index is -0.530. The van der Waals surface area contributed by atoms with Crippen molar-refractivity contribution in [1.29, 1.82) is 0 Å². The lowest BCUT2D eigenvalue weighted by molar-refractivity contribution is -0.914. The van der Waals surface area contributed by atoms with E-state index in [2.05, 4.69) is 16.3 Å². The lowest BCUT2D eigenvalue weighted by Gasteiger charge is -2.36. The summed E-state index contributed by atoms with van der Waals surface area (Å²) in [6.07, 6.45) is 0. The highest BCUT2D eigenvalue weighted by Crippen LogP contribution is 2.28. The van der Waals surface area contributed by atoms with Gasteiger partial charge in [-0.25, -0.2) is 0 Å².